The summed E-state index contributed by atoms with van der Waals surface area (Å²) in [5.74, 6) is 0.334. The summed E-state index contributed by atoms with van der Waals surface area (Å²) in [6, 6.07) is 1.05. The van der Waals surface area contributed by atoms with Crippen LogP contribution in [0.5, 0.6) is 0 Å². The predicted molar refractivity (Wildman–Crippen MR) is 101 cm³/mol. The summed E-state index contributed by atoms with van der Waals surface area (Å²) in [6.45, 7) is 11.9. The minimum absolute atomic E-state index is 0.0476. The molecule has 0 N–H and O–H groups in total. The average Bonchev–Trinajstić information content (AvgIpc) is 2.51. The van der Waals surface area contributed by atoms with E-state index in [-0.39, 0.29) is 17.9 Å². The third kappa shape index (κ3) is 4.51. The first-order valence-corrected chi connectivity index (χ1v) is 10.3. The van der Waals surface area contributed by atoms with Crippen molar-refractivity contribution >= 4 is 12.0 Å². The Morgan fingerprint density at radius 3 is 2.12 bits per heavy atom. The standard InChI is InChI=1S/C20H35N3O3/c1-15-14-22(17-6-5-7-17)12-13-23(15)18(24)16-8-10-21(11-9-16)19(25)26-20(2,3)4/h15-17H,5-14H2,1-4H3. The van der Waals surface area contributed by atoms with Crippen molar-refractivity contribution in [3.8, 4) is 0 Å². The lowest BCUT2D eigenvalue weighted by molar-refractivity contribution is -0.142. The Kier molecular flexibility index (Phi) is 5.80. The zero-order valence-electron chi connectivity index (χ0n) is 16.9. The third-order valence-corrected chi connectivity index (χ3v) is 6.03. The SMILES string of the molecule is CC1CN(C2CCC2)CCN1C(=O)C1CCN(C(=O)OC(C)(C)C)CC1. The Balaban J connectivity index is 1.47. The Morgan fingerprint density at radius 1 is 0.962 bits per heavy atom. The van der Waals surface area contributed by atoms with Gasteiger partial charge in [0.25, 0.3) is 0 Å². The van der Waals surface area contributed by atoms with Gasteiger partial charge >= 0.3 is 6.09 Å². The molecule has 1 aliphatic carbocycles. The summed E-state index contributed by atoms with van der Waals surface area (Å²) in [4.78, 5) is 31.6. The van der Waals surface area contributed by atoms with Crippen molar-refractivity contribution in [2.75, 3.05) is 32.7 Å². The highest BCUT2D eigenvalue weighted by Gasteiger charge is 2.37. The topological polar surface area (TPSA) is 53.1 Å². The van der Waals surface area contributed by atoms with Crippen LogP contribution in [0.25, 0.3) is 0 Å². The lowest BCUT2D eigenvalue weighted by atomic mass is 9.90. The number of piperazine rings is 1. The van der Waals surface area contributed by atoms with Gasteiger partial charge in [-0.05, 0) is 53.4 Å². The van der Waals surface area contributed by atoms with Gasteiger partial charge in [-0.2, -0.15) is 0 Å². The summed E-state index contributed by atoms with van der Waals surface area (Å²) in [6.07, 6.45) is 5.23. The Labute approximate surface area is 157 Å². The molecular formula is C20H35N3O3. The van der Waals surface area contributed by atoms with Gasteiger partial charge < -0.3 is 14.5 Å². The fourth-order valence-corrected chi connectivity index (χ4v) is 4.27. The van der Waals surface area contributed by atoms with Gasteiger partial charge in [0.2, 0.25) is 5.91 Å². The lowest BCUT2D eigenvalue weighted by Gasteiger charge is -2.47. The van der Waals surface area contributed by atoms with E-state index in [1.54, 1.807) is 4.90 Å². The van der Waals surface area contributed by atoms with Crippen LogP contribution in [0.4, 0.5) is 4.79 Å². The molecule has 1 saturated carbocycles. The maximum absolute atomic E-state index is 13.0. The molecule has 3 rings (SSSR count). The van der Waals surface area contributed by atoms with Crippen molar-refractivity contribution in [3.05, 3.63) is 0 Å². The molecule has 2 heterocycles. The number of carbonyl (C=O) groups excluding carboxylic acids is 2. The third-order valence-electron chi connectivity index (χ3n) is 6.03. The highest BCUT2D eigenvalue weighted by atomic mass is 16.6. The van der Waals surface area contributed by atoms with Gasteiger partial charge in [0.1, 0.15) is 5.60 Å². The molecule has 0 aromatic heterocycles. The molecule has 2 saturated heterocycles. The van der Waals surface area contributed by atoms with Crippen molar-refractivity contribution in [1.29, 1.82) is 0 Å². The maximum Gasteiger partial charge on any atom is 0.410 e. The van der Waals surface area contributed by atoms with Crippen LogP contribution < -0.4 is 0 Å². The van der Waals surface area contributed by atoms with Crippen LogP contribution in [-0.4, -0.2) is 77.1 Å². The highest BCUT2D eigenvalue weighted by molar-refractivity contribution is 5.80. The van der Waals surface area contributed by atoms with E-state index in [0.717, 1.165) is 38.5 Å². The molecule has 6 heteroatoms. The van der Waals surface area contributed by atoms with Gasteiger partial charge in [0, 0.05) is 50.7 Å². The van der Waals surface area contributed by atoms with Crippen LogP contribution >= 0.6 is 0 Å². The normalized spacial score (nSPS) is 26.5. The fraction of sp³-hybridized carbons (Fsp3) is 0.900. The smallest absolute Gasteiger partial charge is 0.410 e. The molecule has 1 atom stereocenters. The number of amides is 2. The van der Waals surface area contributed by atoms with Crippen LogP contribution in [0.3, 0.4) is 0 Å². The number of ether oxygens (including phenoxy) is 1. The summed E-state index contributed by atoms with van der Waals surface area (Å²) in [5, 5.41) is 0. The van der Waals surface area contributed by atoms with Gasteiger partial charge in [0.15, 0.2) is 0 Å². The monoisotopic (exact) mass is 365 g/mol. The molecule has 3 fully saturated rings. The predicted octanol–water partition coefficient (Wildman–Crippen LogP) is 2.72. The number of hydrogen-bond acceptors (Lipinski definition) is 4. The number of rotatable bonds is 2. The van der Waals surface area contributed by atoms with E-state index in [9.17, 15) is 9.59 Å². The Bertz CT molecular complexity index is 519. The molecule has 0 bridgehead atoms. The lowest BCUT2D eigenvalue weighted by Crippen LogP contribution is -2.59. The zero-order valence-corrected chi connectivity index (χ0v) is 16.9. The van der Waals surface area contributed by atoms with Crippen LogP contribution in [0.15, 0.2) is 0 Å². The Hall–Kier alpha value is -1.30. The van der Waals surface area contributed by atoms with E-state index < -0.39 is 5.60 Å². The number of hydrogen-bond donors (Lipinski definition) is 0. The first-order chi connectivity index (χ1) is 12.2. The Morgan fingerprint density at radius 2 is 1.62 bits per heavy atom. The van der Waals surface area contributed by atoms with Crippen molar-refractivity contribution in [2.45, 2.75) is 77.5 Å². The van der Waals surface area contributed by atoms with Crippen molar-refractivity contribution in [1.82, 2.24) is 14.7 Å². The number of nitrogens with zero attached hydrogens (tertiary/aromatic N) is 3. The van der Waals surface area contributed by atoms with Gasteiger partial charge in [-0.15, -0.1) is 0 Å². The van der Waals surface area contributed by atoms with Gasteiger partial charge in [-0.3, -0.25) is 9.69 Å². The second-order valence-corrected chi connectivity index (χ2v) is 9.20. The molecule has 3 aliphatic rings. The maximum atomic E-state index is 13.0. The molecule has 26 heavy (non-hydrogen) atoms. The van der Waals surface area contributed by atoms with Crippen LogP contribution in [0, 0.1) is 5.92 Å². The second-order valence-electron chi connectivity index (χ2n) is 9.20. The molecule has 6 nitrogen and oxygen atoms in total. The number of carbonyl (C=O) groups is 2. The van der Waals surface area contributed by atoms with E-state index in [4.69, 9.17) is 4.74 Å². The van der Waals surface area contributed by atoms with Crippen molar-refractivity contribution in [3.63, 3.8) is 0 Å². The van der Waals surface area contributed by atoms with E-state index in [2.05, 4.69) is 16.7 Å². The van der Waals surface area contributed by atoms with Crippen molar-refractivity contribution in [2.24, 2.45) is 5.92 Å². The number of piperidine rings is 1. The van der Waals surface area contributed by atoms with Crippen LogP contribution in [0.1, 0.15) is 59.8 Å². The molecule has 0 aromatic carbocycles. The van der Waals surface area contributed by atoms with E-state index >= 15 is 0 Å². The van der Waals surface area contributed by atoms with E-state index in [1.807, 2.05) is 20.8 Å². The average molecular weight is 366 g/mol. The molecule has 148 valence electrons. The molecule has 0 radical (unpaired) electrons. The van der Waals surface area contributed by atoms with Gasteiger partial charge in [-0.25, -0.2) is 4.79 Å². The largest absolute Gasteiger partial charge is 0.444 e. The molecule has 2 amide bonds. The fourth-order valence-electron chi connectivity index (χ4n) is 4.27. The minimum Gasteiger partial charge on any atom is -0.444 e. The minimum atomic E-state index is -0.473. The zero-order chi connectivity index (χ0) is 18.9. The van der Waals surface area contributed by atoms with Crippen LogP contribution in [-0.2, 0) is 9.53 Å². The molecule has 0 aromatic rings. The summed E-state index contributed by atoms with van der Waals surface area (Å²) in [7, 11) is 0. The van der Waals surface area contributed by atoms with Gasteiger partial charge in [0.05, 0.1) is 0 Å². The molecule has 2 aliphatic heterocycles. The van der Waals surface area contributed by atoms with Gasteiger partial charge in [-0.1, -0.05) is 6.42 Å². The second kappa shape index (κ2) is 7.75. The first kappa shape index (κ1) is 19.5. The van der Waals surface area contributed by atoms with Crippen molar-refractivity contribution < 1.29 is 14.3 Å². The highest BCUT2D eigenvalue weighted by Crippen LogP contribution is 2.28. The summed E-state index contributed by atoms with van der Waals surface area (Å²) < 4.78 is 5.44. The first-order valence-electron chi connectivity index (χ1n) is 10.3. The molecule has 1 unspecified atom stereocenters. The number of likely N-dealkylation sites (tertiary alicyclic amines) is 1. The summed E-state index contributed by atoms with van der Waals surface area (Å²) in [5.41, 5.74) is -0.473. The molecular weight excluding hydrogens is 330 g/mol. The summed E-state index contributed by atoms with van der Waals surface area (Å²) >= 11 is 0. The van der Waals surface area contributed by atoms with E-state index in [0.29, 0.717) is 19.1 Å². The quantitative estimate of drug-likeness (QED) is 0.755. The van der Waals surface area contributed by atoms with E-state index in [1.165, 1.54) is 19.3 Å². The molecule has 0 spiro atoms. The van der Waals surface area contributed by atoms with Crippen LogP contribution in [0.2, 0.25) is 0 Å².